The molecule has 0 fully saturated rings. The minimum absolute atomic E-state index is 0.0253. The average Bonchev–Trinajstić information content (AvgIpc) is 3.11. The molecule has 120 valence electrons. The molecule has 22 heavy (non-hydrogen) atoms. The Kier molecular flexibility index (Phi) is 4.62. The zero-order valence-corrected chi connectivity index (χ0v) is 13.4. The lowest BCUT2D eigenvalue weighted by molar-refractivity contribution is 0.0939. The molecule has 10 heteroatoms. The average molecular weight is 326 g/mol. The fraction of sp³-hybridized carbons (Fsp3) is 0.417. The minimum atomic E-state index is -3.87. The number of sulfonamides is 1. The molecule has 0 bridgehead atoms. The predicted octanol–water partition coefficient (Wildman–Crippen LogP) is 0.120. The number of hydrogen-bond acceptors (Lipinski definition) is 5. The van der Waals surface area contributed by atoms with Gasteiger partial charge in [0.15, 0.2) is 5.69 Å². The van der Waals surface area contributed by atoms with Crippen LogP contribution in [0, 0.1) is 6.92 Å². The third kappa shape index (κ3) is 3.17. The number of aromatic nitrogens is 4. The van der Waals surface area contributed by atoms with E-state index in [2.05, 4.69) is 20.7 Å². The Morgan fingerprint density at radius 3 is 2.68 bits per heavy atom. The molecule has 9 nitrogen and oxygen atoms in total. The van der Waals surface area contributed by atoms with Crippen molar-refractivity contribution >= 4 is 15.9 Å². The van der Waals surface area contributed by atoms with Crippen LogP contribution in [0.25, 0.3) is 0 Å². The van der Waals surface area contributed by atoms with Crippen molar-refractivity contribution in [1.82, 2.24) is 30.2 Å². The Morgan fingerprint density at radius 2 is 2.14 bits per heavy atom. The number of hydrazine groups is 1. The van der Waals surface area contributed by atoms with Crippen LogP contribution < -0.4 is 10.3 Å². The first-order valence-electron chi connectivity index (χ1n) is 6.77. The second kappa shape index (κ2) is 6.28. The lowest BCUT2D eigenvalue weighted by Gasteiger charge is -2.06. The maximum Gasteiger partial charge on any atom is 0.286 e. The fourth-order valence-corrected chi connectivity index (χ4v) is 2.68. The summed E-state index contributed by atoms with van der Waals surface area (Å²) in [5.41, 5.74) is 3.83. The number of nitrogens with zero attached hydrogens (tertiary/aromatic N) is 3. The Bertz CT molecular complexity index is 777. The number of aryl methyl sites for hydroxylation is 2. The normalized spacial score (nSPS) is 11.6. The Balaban J connectivity index is 2.08. The van der Waals surface area contributed by atoms with Gasteiger partial charge in [-0.05, 0) is 20.3 Å². The van der Waals surface area contributed by atoms with Crippen molar-refractivity contribution in [2.45, 2.75) is 38.6 Å². The first-order valence-corrected chi connectivity index (χ1v) is 8.25. The van der Waals surface area contributed by atoms with Crippen molar-refractivity contribution in [3.63, 3.8) is 0 Å². The number of rotatable bonds is 6. The van der Waals surface area contributed by atoms with Gasteiger partial charge in [-0.1, -0.05) is 6.92 Å². The summed E-state index contributed by atoms with van der Waals surface area (Å²) in [5, 5.41) is 10.5. The van der Waals surface area contributed by atoms with E-state index in [1.807, 2.05) is 18.7 Å². The first-order chi connectivity index (χ1) is 10.4. The standard InChI is InChI=1S/C12H18N6O3S/c1-4-10-8(3)11(15-14-10)12(19)16-17-22(20,21)9-6-13-18(5-2)7-9/h6-7,17H,4-5H2,1-3H3,(H,14,15)(H,16,19). The molecule has 0 aliphatic heterocycles. The van der Waals surface area contributed by atoms with E-state index in [0.717, 1.165) is 5.69 Å². The van der Waals surface area contributed by atoms with Crippen molar-refractivity contribution in [2.75, 3.05) is 0 Å². The highest BCUT2D eigenvalue weighted by molar-refractivity contribution is 7.89. The van der Waals surface area contributed by atoms with Gasteiger partial charge in [0.2, 0.25) is 0 Å². The third-order valence-electron chi connectivity index (χ3n) is 3.22. The molecular weight excluding hydrogens is 308 g/mol. The van der Waals surface area contributed by atoms with Crippen LogP contribution in [-0.2, 0) is 23.0 Å². The summed E-state index contributed by atoms with van der Waals surface area (Å²) in [5.74, 6) is -0.625. The second-order valence-electron chi connectivity index (χ2n) is 4.62. The van der Waals surface area contributed by atoms with Crippen LogP contribution in [-0.4, -0.2) is 34.3 Å². The van der Waals surface area contributed by atoms with Crippen LogP contribution in [0.3, 0.4) is 0 Å². The third-order valence-corrected chi connectivity index (χ3v) is 4.42. The molecule has 3 N–H and O–H groups in total. The van der Waals surface area contributed by atoms with E-state index in [1.165, 1.54) is 17.1 Å². The highest BCUT2D eigenvalue weighted by Crippen LogP contribution is 2.10. The lowest BCUT2D eigenvalue weighted by atomic mass is 10.2. The maximum atomic E-state index is 12.0. The predicted molar refractivity (Wildman–Crippen MR) is 78.4 cm³/mol. The van der Waals surface area contributed by atoms with Gasteiger partial charge in [-0.3, -0.25) is 20.0 Å². The number of nitrogens with one attached hydrogen (secondary N) is 3. The van der Waals surface area contributed by atoms with E-state index < -0.39 is 15.9 Å². The molecule has 2 heterocycles. The SMILES string of the molecule is CCc1[nH]nc(C(=O)NNS(=O)(=O)c2cnn(CC)c2)c1C. The van der Waals surface area contributed by atoms with Gasteiger partial charge in [0.25, 0.3) is 15.9 Å². The Morgan fingerprint density at radius 1 is 1.41 bits per heavy atom. The lowest BCUT2D eigenvalue weighted by Crippen LogP contribution is -2.41. The van der Waals surface area contributed by atoms with Crippen LogP contribution in [0.4, 0.5) is 0 Å². The van der Waals surface area contributed by atoms with Crippen molar-refractivity contribution in [3.8, 4) is 0 Å². The number of hydrogen-bond donors (Lipinski definition) is 3. The number of H-pyrrole nitrogens is 1. The molecule has 0 spiro atoms. The van der Waals surface area contributed by atoms with Gasteiger partial charge in [-0.15, -0.1) is 4.83 Å². The second-order valence-corrected chi connectivity index (χ2v) is 6.30. The summed E-state index contributed by atoms with van der Waals surface area (Å²) in [6.45, 7) is 6.06. The zero-order valence-electron chi connectivity index (χ0n) is 12.5. The summed E-state index contributed by atoms with van der Waals surface area (Å²) in [7, 11) is -3.87. The molecule has 0 saturated carbocycles. The molecule has 0 aliphatic carbocycles. The molecule has 2 aromatic rings. The van der Waals surface area contributed by atoms with Gasteiger partial charge in [-0.25, -0.2) is 8.42 Å². The highest BCUT2D eigenvalue weighted by atomic mass is 32.2. The zero-order chi connectivity index (χ0) is 16.3. The monoisotopic (exact) mass is 326 g/mol. The van der Waals surface area contributed by atoms with Gasteiger partial charge in [0.05, 0.1) is 6.20 Å². The summed E-state index contributed by atoms with van der Waals surface area (Å²) >= 11 is 0. The van der Waals surface area contributed by atoms with E-state index >= 15 is 0 Å². The molecule has 0 saturated heterocycles. The molecule has 2 aromatic heterocycles. The van der Waals surface area contributed by atoms with Crippen molar-refractivity contribution in [1.29, 1.82) is 0 Å². The van der Waals surface area contributed by atoms with Crippen molar-refractivity contribution in [2.24, 2.45) is 0 Å². The summed E-state index contributed by atoms with van der Waals surface area (Å²) in [6.07, 6.45) is 3.30. The smallest absolute Gasteiger partial charge is 0.282 e. The van der Waals surface area contributed by atoms with E-state index in [9.17, 15) is 13.2 Å². The fourth-order valence-electron chi connectivity index (χ4n) is 1.89. The Hall–Kier alpha value is -2.20. The van der Waals surface area contributed by atoms with Crippen LogP contribution in [0.2, 0.25) is 0 Å². The first kappa shape index (κ1) is 16.2. The van der Waals surface area contributed by atoms with Gasteiger partial charge >= 0.3 is 0 Å². The Labute approximate surface area is 128 Å². The van der Waals surface area contributed by atoms with Crippen LogP contribution in [0.5, 0.6) is 0 Å². The largest absolute Gasteiger partial charge is 0.286 e. The summed E-state index contributed by atoms with van der Waals surface area (Å²) in [6, 6.07) is 0. The molecule has 0 radical (unpaired) electrons. The summed E-state index contributed by atoms with van der Waals surface area (Å²) < 4.78 is 25.5. The van der Waals surface area contributed by atoms with Crippen LogP contribution in [0.15, 0.2) is 17.3 Å². The number of amides is 1. The van der Waals surface area contributed by atoms with Gasteiger partial charge in [-0.2, -0.15) is 10.2 Å². The molecule has 0 atom stereocenters. The van der Waals surface area contributed by atoms with Crippen LogP contribution >= 0.6 is 0 Å². The topological polar surface area (TPSA) is 122 Å². The molecule has 1 amide bonds. The quantitative estimate of drug-likeness (QED) is 0.651. The molecule has 0 aliphatic rings. The van der Waals surface area contributed by atoms with Gasteiger partial charge in [0.1, 0.15) is 4.90 Å². The summed E-state index contributed by atoms with van der Waals surface area (Å²) in [4.78, 5) is 14.0. The van der Waals surface area contributed by atoms with Crippen molar-refractivity contribution in [3.05, 3.63) is 29.3 Å². The highest BCUT2D eigenvalue weighted by Gasteiger charge is 2.20. The maximum absolute atomic E-state index is 12.0. The molecular formula is C12H18N6O3S. The van der Waals surface area contributed by atoms with E-state index in [1.54, 1.807) is 6.92 Å². The molecule has 0 aromatic carbocycles. The molecule has 2 rings (SSSR count). The molecule has 0 unspecified atom stereocenters. The van der Waals surface area contributed by atoms with Crippen LogP contribution in [0.1, 0.15) is 35.6 Å². The minimum Gasteiger partial charge on any atom is -0.282 e. The number of carbonyl (C=O) groups excluding carboxylic acids is 1. The van der Waals surface area contributed by atoms with Gasteiger partial charge in [0, 0.05) is 24.0 Å². The van der Waals surface area contributed by atoms with E-state index in [0.29, 0.717) is 18.5 Å². The van der Waals surface area contributed by atoms with E-state index in [4.69, 9.17) is 0 Å². The van der Waals surface area contributed by atoms with E-state index in [-0.39, 0.29) is 10.6 Å². The number of aromatic amines is 1. The van der Waals surface area contributed by atoms with Crippen molar-refractivity contribution < 1.29 is 13.2 Å². The van der Waals surface area contributed by atoms with Gasteiger partial charge < -0.3 is 0 Å². The number of carbonyl (C=O) groups is 1.